The molecule has 0 radical (unpaired) electrons. The van der Waals surface area contributed by atoms with E-state index in [0.29, 0.717) is 24.2 Å². The van der Waals surface area contributed by atoms with Gasteiger partial charge in [0.1, 0.15) is 0 Å². The SMILES string of the molecule is CN=C(C)C(CCOc1c(-c2ccc3c(c2)c(CN(C)C)nn3C)ccc(F)c1F)=C(C)N. The molecular weight excluding hydrogens is 424 g/mol. The van der Waals surface area contributed by atoms with Crippen molar-refractivity contribution < 1.29 is 13.5 Å². The van der Waals surface area contributed by atoms with Crippen molar-refractivity contribution in [3.63, 3.8) is 0 Å². The quantitative estimate of drug-likeness (QED) is 0.501. The van der Waals surface area contributed by atoms with E-state index in [2.05, 4.69) is 10.1 Å². The number of hydrogen-bond donors (Lipinski definition) is 1. The number of aromatic nitrogens is 2. The van der Waals surface area contributed by atoms with E-state index in [-0.39, 0.29) is 12.4 Å². The molecule has 0 aliphatic heterocycles. The monoisotopic (exact) mass is 455 g/mol. The molecule has 3 rings (SSSR count). The van der Waals surface area contributed by atoms with E-state index in [1.807, 2.05) is 55.8 Å². The maximum absolute atomic E-state index is 14.8. The Morgan fingerprint density at radius 1 is 1.18 bits per heavy atom. The summed E-state index contributed by atoms with van der Waals surface area (Å²) in [4.78, 5) is 6.20. The molecule has 0 atom stereocenters. The van der Waals surface area contributed by atoms with Crippen LogP contribution in [0.3, 0.4) is 0 Å². The van der Waals surface area contributed by atoms with E-state index < -0.39 is 11.6 Å². The summed E-state index contributed by atoms with van der Waals surface area (Å²) in [5.41, 5.74) is 11.3. The van der Waals surface area contributed by atoms with Gasteiger partial charge in [0, 0.05) is 49.4 Å². The van der Waals surface area contributed by atoms with Gasteiger partial charge >= 0.3 is 0 Å². The molecule has 0 bridgehead atoms. The van der Waals surface area contributed by atoms with Crippen molar-refractivity contribution in [2.45, 2.75) is 26.8 Å². The molecule has 0 amide bonds. The van der Waals surface area contributed by atoms with Crippen molar-refractivity contribution in [1.29, 1.82) is 0 Å². The topological polar surface area (TPSA) is 68.7 Å². The van der Waals surface area contributed by atoms with Crippen LogP contribution in [0.5, 0.6) is 5.75 Å². The van der Waals surface area contributed by atoms with Gasteiger partial charge < -0.3 is 15.4 Å². The van der Waals surface area contributed by atoms with Gasteiger partial charge in [-0.25, -0.2) is 4.39 Å². The van der Waals surface area contributed by atoms with Crippen LogP contribution in [0.2, 0.25) is 0 Å². The molecular formula is C25H31F2N5O. The van der Waals surface area contributed by atoms with E-state index in [1.54, 1.807) is 20.0 Å². The highest BCUT2D eigenvalue weighted by molar-refractivity contribution is 5.98. The van der Waals surface area contributed by atoms with Crippen LogP contribution in [-0.2, 0) is 13.6 Å². The average molecular weight is 456 g/mol. The average Bonchev–Trinajstić information content (AvgIpc) is 3.07. The van der Waals surface area contributed by atoms with Crippen LogP contribution >= 0.6 is 0 Å². The van der Waals surface area contributed by atoms with Crippen molar-refractivity contribution in [3.8, 4) is 16.9 Å². The number of hydrogen-bond acceptors (Lipinski definition) is 5. The van der Waals surface area contributed by atoms with Gasteiger partial charge in [0.25, 0.3) is 0 Å². The predicted octanol–water partition coefficient (Wildman–Crippen LogP) is 4.67. The molecule has 1 aromatic heterocycles. The summed E-state index contributed by atoms with van der Waals surface area (Å²) < 4.78 is 36.6. The molecule has 176 valence electrons. The molecule has 33 heavy (non-hydrogen) atoms. The Bertz CT molecular complexity index is 1220. The fourth-order valence-corrected chi connectivity index (χ4v) is 3.88. The number of nitrogens with two attached hydrogens (primary N) is 1. The minimum atomic E-state index is -1.01. The third-order valence-electron chi connectivity index (χ3n) is 5.60. The number of allylic oxidation sites excluding steroid dienone is 1. The van der Waals surface area contributed by atoms with E-state index >= 15 is 0 Å². The lowest BCUT2D eigenvalue weighted by Crippen LogP contribution is -2.11. The Balaban J connectivity index is 2.00. The number of aryl methyl sites for hydroxylation is 1. The van der Waals surface area contributed by atoms with E-state index in [1.165, 1.54) is 0 Å². The zero-order chi connectivity index (χ0) is 24.3. The van der Waals surface area contributed by atoms with Gasteiger partial charge in [-0.1, -0.05) is 6.07 Å². The smallest absolute Gasteiger partial charge is 0.201 e. The van der Waals surface area contributed by atoms with Crippen molar-refractivity contribution in [3.05, 3.63) is 58.9 Å². The Kier molecular flexibility index (Phi) is 7.48. The Morgan fingerprint density at radius 2 is 1.91 bits per heavy atom. The second-order valence-corrected chi connectivity index (χ2v) is 8.35. The summed E-state index contributed by atoms with van der Waals surface area (Å²) in [5.74, 6) is -2.09. The lowest BCUT2D eigenvalue weighted by Gasteiger charge is -2.15. The summed E-state index contributed by atoms with van der Waals surface area (Å²) >= 11 is 0. The number of aliphatic imine (C=N–C) groups is 1. The second-order valence-electron chi connectivity index (χ2n) is 8.35. The fraction of sp³-hybridized carbons (Fsp3) is 0.360. The third-order valence-corrected chi connectivity index (χ3v) is 5.60. The summed E-state index contributed by atoms with van der Waals surface area (Å²) in [6.07, 6.45) is 0.426. The number of rotatable bonds is 8. The predicted molar refractivity (Wildman–Crippen MR) is 129 cm³/mol. The van der Waals surface area contributed by atoms with Crippen LogP contribution < -0.4 is 10.5 Å². The molecule has 6 nitrogen and oxygen atoms in total. The van der Waals surface area contributed by atoms with E-state index in [9.17, 15) is 8.78 Å². The molecule has 0 spiro atoms. The van der Waals surface area contributed by atoms with Gasteiger partial charge in [0.2, 0.25) is 5.82 Å². The second kappa shape index (κ2) is 10.1. The Hall–Kier alpha value is -3.26. The van der Waals surface area contributed by atoms with Crippen LogP contribution in [0.25, 0.3) is 22.0 Å². The molecule has 0 saturated heterocycles. The van der Waals surface area contributed by atoms with Gasteiger partial charge in [0.05, 0.1) is 17.8 Å². The molecule has 2 N–H and O–H groups in total. The molecule has 0 aliphatic rings. The molecule has 8 heteroatoms. The number of fused-ring (bicyclic) bond motifs is 1. The highest BCUT2D eigenvalue weighted by Crippen LogP contribution is 2.36. The maximum Gasteiger partial charge on any atom is 0.201 e. The highest BCUT2D eigenvalue weighted by Gasteiger charge is 2.19. The Morgan fingerprint density at radius 3 is 2.55 bits per heavy atom. The van der Waals surface area contributed by atoms with Gasteiger partial charge in [-0.05, 0) is 63.3 Å². The summed E-state index contributed by atoms with van der Waals surface area (Å²) in [7, 11) is 7.52. The standard InChI is InChI=1S/C25H31F2N5O/c1-15(28)18(16(2)29-3)11-12-33-25-19(8-9-21(26)24(25)27)17-7-10-23-20(13-17)22(14-31(4)5)30-32(23)6/h7-10,13H,11-12,14,28H2,1-6H3. The molecule has 1 heterocycles. The molecule has 3 aromatic rings. The number of nitrogens with zero attached hydrogens (tertiary/aromatic N) is 4. The van der Waals surface area contributed by atoms with Gasteiger partial charge in [-0.3, -0.25) is 9.67 Å². The summed E-state index contributed by atoms with van der Waals surface area (Å²) in [6.45, 7) is 4.43. The summed E-state index contributed by atoms with van der Waals surface area (Å²) in [5, 5.41) is 5.57. The van der Waals surface area contributed by atoms with E-state index in [0.717, 1.165) is 39.5 Å². The minimum absolute atomic E-state index is 0.118. The third kappa shape index (κ3) is 5.22. The minimum Gasteiger partial charge on any atom is -0.489 e. The van der Waals surface area contributed by atoms with Crippen LogP contribution in [0.1, 0.15) is 26.0 Å². The van der Waals surface area contributed by atoms with Crippen LogP contribution in [0.4, 0.5) is 8.78 Å². The van der Waals surface area contributed by atoms with Crippen LogP contribution in [0.15, 0.2) is 46.6 Å². The summed E-state index contributed by atoms with van der Waals surface area (Å²) in [6, 6.07) is 8.41. The first-order valence-electron chi connectivity index (χ1n) is 10.7. The first kappa shape index (κ1) is 24.4. The van der Waals surface area contributed by atoms with Crippen molar-refractivity contribution in [2.24, 2.45) is 17.8 Å². The first-order valence-corrected chi connectivity index (χ1v) is 10.7. The number of ether oxygens (including phenoxy) is 1. The zero-order valence-electron chi connectivity index (χ0n) is 20.0. The molecule has 0 unspecified atom stereocenters. The normalized spacial score (nSPS) is 13.1. The van der Waals surface area contributed by atoms with Crippen molar-refractivity contribution >= 4 is 16.6 Å². The zero-order valence-corrected chi connectivity index (χ0v) is 20.0. The highest BCUT2D eigenvalue weighted by atomic mass is 19.2. The first-order chi connectivity index (χ1) is 15.6. The number of halogens is 2. The van der Waals surface area contributed by atoms with Gasteiger partial charge in [-0.15, -0.1) is 0 Å². The van der Waals surface area contributed by atoms with Crippen molar-refractivity contribution in [2.75, 3.05) is 27.7 Å². The molecule has 2 aromatic carbocycles. The van der Waals surface area contributed by atoms with Crippen molar-refractivity contribution in [1.82, 2.24) is 14.7 Å². The van der Waals surface area contributed by atoms with Gasteiger partial charge in [-0.2, -0.15) is 9.49 Å². The van der Waals surface area contributed by atoms with Gasteiger partial charge in [0.15, 0.2) is 11.6 Å². The molecule has 0 saturated carbocycles. The lowest BCUT2D eigenvalue weighted by molar-refractivity contribution is 0.301. The van der Waals surface area contributed by atoms with E-state index in [4.69, 9.17) is 10.5 Å². The maximum atomic E-state index is 14.8. The van der Waals surface area contributed by atoms with Crippen LogP contribution in [0, 0.1) is 11.6 Å². The fourth-order valence-electron chi connectivity index (χ4n) is 3.88. The Labute approximate surface area is 193 Å². The lowest BCUT2D eigenvalue weighted by atomic mass is 10.0. The molecule has 0 aliphatic carbocycles. The largest absolute Gasteiger partial charge is 0.489 e. The number of benzene rings is 2. The molecule has 0 fully saturated rings. The van der Waals surface area contributed by atoms with Crippen LogP contribution in [-0.4, -0.2) is 48.1 Å².